The third kappa shape index (κ3) is 2.38. The van der Waals surface area contributed by atoms with Gasteiger partial charge in [0.1, 0.15) is 12.4 Å². The maximum Gasteiger partial charge on any atom is 0.129 e. The van der Waals surface area contributed by atoms with Gasteiger partial charge in [-0.2, -0.15) is 0 Å². The van der Waals surface area contributed by atoms with Gasteiger partial charge < -0.3 is 15.0 Å². The number of ether oxygens (including phenoxy) is 1. The zero-order valence-electron chi connectivity index (χ0n) is 12.7. The van der Waals surface area contributed by atoms with Gasteiger partial charge in [-0.05, 0) is 36.6 Å². The Morgan fingerprint density at radius 2 is 2.00 bits per heavy atom. The van der Waals surface area contributed by atoms with E-state index in [0.29, 0.717) is 18.7 Å². The van der Waals surface area contributed by atoms with Crippen molar-refractivity contribution in [3.8, 4) is 5.75 Å². The van der Waals surface area contributed by atoms with Gasteiger partial charge in [-0.15, -0.1) is 0 Å². The lowest BCUT2D eigenvalue weighted by Gasteiger charge is -2.22. The molecule has 0 amide bonds. The highest BCUT2D eigenvalue weighted by Gasteiger charge is 2.21. The molecule has 2 aromatic carbocycles. The van der Waals surface area contributed by atoms with Gasteiger partial charge in [-0.1, -0.05) is 36.4 Å². The summed E-state index contributed by atoms with van der Waals surface area (Å²) in [6, 6.07) is 17.4. The van der Waals surface area contributed by atoms with Crippen molar-refractivity contribution < 1.29 is 4.74 Å². The van der Waals surface area contributed by atoms with Crippen molar-refractivity contribution in [2.75, 3.05) is 6.61 Å². The minimum atomic E-state index is 0.307. The first-order chi connectivity index (χ1) is 10.8. The molecule has 0 bridgehead atoms. The Bertz CT molecular complexity index is 778. The van der Waals surface area contributed by atoms with Crippen molar-refractivity contribution in [1.82, 2.24) is 10.3 Å². The van der Waals surface area contributed by atoms with Crippen molar-refractivity contribution in [3.05, 3.63) is 65.9 Å². The first kappa shape index (κ1) is 13.4. The Hall–Kier alpha value is -2.26. The molecule has 0 saturated heterocycles. The molecule has 4 rings (SSSR count). The van der Waals surface area contributed by atoms with Crippen LogP contribution in [0.1, 0.15) is 24.1 Å². The fourth-order valence-corrected chi connectivity index (χ4v) is 3.31. The molecule has 22 heavy (non-hydrogen) atoms. The summed E-state index contributed by atoms with van der Waals surface area (Å²) in [5, 5.41) is 4.94. The van der Waals surface area contributed by atoms with E-state index < -0.39 is 0 Å². The molecular weight excluding hydrogens is 272 g/mol. The Kier molecular flexibility index (Phi) is 3.35. The normalized spacial score (nSPS) is 18.7. The number of hydrogen-bond donors (Lipinski definition) is 2. The van der Waals surface area contributed by atoms with E-state index in [1.54, 1.807) is 0 Å². The topological polar surface area (TPSA) is 37.0 Å². The molecule has 3 nitrogen and oxygen atoms in total. The average Bonchev–Trinajstić information content (AvgIpc) is 2.88. The molecule has 2 atom stereocenters. The molecule has 0 fully saturated rings. The quantitative estimate of drug-likeness (QED) is 0.770. The lowest BCUT2D eigenvalue weighted by molar-refractivity contribution is 0.260. The van der Waals surface area contributed by atoms with Gasteiger partial charge in [-0.25, -0.2) is 0 Å². The maximum absolute atomic E-state index is 6.05. The fraction of sp³-hybridized carbons (Fsp3) is 0.263. The lowest BCUT2D eigenvalue weighted by atomic mass is 10.0. The van der Waals surface area contributed by atoms with Gasteiger partial charge >= 0.3 is 0 Å². The van der Waals surface area contributed by atoms with Crippen LogP contribution in [0.3, 0.4) is 0 Å². The molecule has 2 heterocycles. The second-order valence-electron chi connectivity index (χ2n) is 6.00. The highest BCUT2D eigenvalue weighted by molar-refractivity contribution is 5.89. The summed E-state index contributed by atoms with van der Waals surface area (Å²) in [4.78, 5) is 3.35. The zero-order valence-corrected chi connectivity index (χ0v) is 12.7. The summed E-state index contributed by atoms with van der Waals surface area (Å²) in [6.07, 6.45) is 3.10. The Labute approximate surface area is 130 Å². The largest absolute Gasteiger partial charge is 0.491 e. The van der Waals surface area contributed by atoms with Crippen LogP contribution in [0.15, 0.2) is 54.7 Å². The van der Waals surface area contributed by atoms with E-state index in [0.717, 1.165) is 17.7 Å². The highest BCUT2D eigenvalue weighted by atomic mass is 16.5. The second-order valence-corrected chi connectivity index (χ2v) is 6.00. The molecular formula is C19H20N2O. The molecule has 112 valence electrons. The summed E-state index contributed by atoms with van der Waals surface area (Å²) in [5.74, 6) is 0.991. The van der Waals surface area contributed by atoms with Gasteiger partial charge in [0.05, 0.1) is 0 Å². The standard InChI is InChI=1S/C19H20N2O/c1-13(14-6-3-2-4-7-14)21-16-10-15-11-20-17-8-5-9-18(19(15)17)22-12-16/h2-9,11,13,16,20-21H,10,12H2,1H3/t13-,16?/m1/s1. The third-order valence-electron chi connectivity index (χ3n) is 4.44. The van der Waals surface area contributed by atoms with Crippen LogP contribution in [0.2, 0.25) is 0 Å². The molecule has 1 unspecified atom stereocenters. The van der Waals surface area contributed by atoms with Crippen molar-refractivity contribution in [2.24, 2.45) is 0 Å². The van der Waals surface area contributed by atoms with E-state index in [4.69, 9.17) is 4.74 Å². The Morgan fingerprint density at radius 1 is 1.14 bits per heavy atom. The number of aromatic nitrogens is 1. The van der Waals surface area contributed by atoms with Gasteiger partial charge in [0.15, 0.2) is 0 Å². The summed E-state index contributed by atoms with van der Waals surface area (Å²) >= 11 is 0. The van der Waals surface area contributed by atoms with E-state index >= 15 is 0 Å². The highest BCUT2D eigenvalue weighted by Crippen LogP contribution is 2.32. The van der Waals surface area contributed by atoms with Crippen molar-refractivity contribution in [2.45, 2.75) is 25.4 Å². The fourth-order valence-electron chi connectivity index (χ4n) is 3.31. The van der Waals surface area contributed by atoms with Crippen molar-refractivity contribution in [3.63, 3.8) is 0 Å². The molecule has 0 radical (unpaired) electrons. The van der Waals surface area contributed by atoms with Crippen LogP contribution in [0, 0.1) is 0 Å². The predicted octanol–water partition coefficient (Wildman–Crippen LogP) is 3.82. The van der Waals surface area contributed by atoms with Gasteiger partial charge in [0.25, 0.3) is 0 Å². The van der Waals surface area contributed by atoms with Crippen LogP contribution < -0.4 is 10.1 Å². The molecule has 1 aromatic heterocycles. The molecule has 0 saturated carbocycles. The van der Waals surface area contributed by atoms with Gasteiger partial charge in [0.2, 0.25) is 0 Å². The predicted molar refractivity (Wildman–Crippen MR) is 89.3 cm³/mol. The van der Waals surface area contributed by atoms with Gasteiger partial charge in [-0.3, -0.25) is 0 Å². The summed E-state index contributed by atoms with van der Waals surface area (Å²) in [6.45, 7) is 2.91. The van der Waals surface area contributed by atoms with E-state index in [-0.39, 0.29) is 0 Å². The number of benzene rings is 2. The number of rotatable bonds is 3. The molecule has 0 spiro atoms. The van der Waals surface area contributed by atoms with E-state index in [9.17, 15) is 0 Å². The zero-order chi connectivity index (χ0) is 14.9. The first-order valence-corrected chi connectivity index (χ1v) is 7.84. The van der Waals surface area contributed by atoms with Crippen LogP contribution in [0.25, 0.3) is 10.9 Å². The molecule has 2 N–H and O–H groups in total. The number of hydrogen-bond acceptors (Lipinski definition) is 2. The molecule has 3 aromatic rings. The van der Waals surface area contributed by atoms with Crippen molar-refractivity contribution >= 4 is 10.9 Å². The van der Waals surface area contributed by atoms with Crippen molar-refractivity contribution in [1.29, 1.82) is 0 Å². The van der Waals surface area contributed by atoms with Crippen LogP contribution in [0.4, 0.5) is 0 Å². The monoisotopic (exact) mass is 292 g/mol. The SMILES string of the molecule is C[C@@H](NC1COc2cccc3[nH]cc(c23)C1)c1ccccc1. The lowest BCUT2D eigenvalue weighted by Crippen LogP contribution is -2.37. The Balaban J connectivity index is 1.56. The smallest absolute Gasteiger partial charge is 0.129 e. The molecule has 1 aliphatic heterocycles. The van der Waals surface area contributed by atoms with Crippen LogP contribution in [-0.2, 0) is 6.42 Å². The van der Waals surface area contributed by atoms with E-state index in [1.807, 2.05) is 6.07 Å². The number of H-pyrrole nitrogens is 1. The first-order valence-electron chi connectivity index (χ1n) is 7.84. The van der Waals surface area contributed by atoms with E-state index in [2.05, 4.69) is 65.9 Å². The summed E-state index contributed by atoms with van der Waals surface area (Å²) < 4.78 is 6.05. The molecule has 0 aliphatic carbocycles. The van der Waals surface area contributed by atoms with Crippen LogP contribution >= 0.6 is 0 Å². The molecule has 3 heteroatoms. The third-order valence-corrected chi connectivity index (χ3v) is 4.44. The van der Waals surface area contributed by atoms with Crippen LogP contribution in [-0.4, -0.2) is 17.6 Å². The maximum atomic E-state index is 6.05. The average molecular weight is 292 g/mol. The van der Waals surface area contributed by atoms with Gasteiger partial charge in [0, 0.05) is 29.2 Å². The van der Waals surface area contributed by atoms with Crippen LogP contribution in [0.5, 0.6) is 5.75 Å². The number of aromatic amines is 1. The second kappa shape index (κ2) is 5.50. The Morgan fingerprint density at radius 3 is 2.86 bits per heavy atom. The summed E-state index contributed by atoms with van der Waals surface area (Å²) in [5.41, 5.74) is 3.80. The minimum Gasteiger partial charge on any atom is -0.491 e. The minimum absolute atomic E-state index is 0.307. The molecule has 1 aliphatic rings. The summed E-state index contributed by atoms with van der Waals surface area (Å²) in [7, 11) is 0. The van der Waals surface area contributed by atoms with E-state index in [1.165, 1.54) is 16.5 Å². The number of nitrogens with one attached hydrogen (secondary N) is 2.